The Morgan fingerprint density at radius 2 is 1.94 bits per heavy atom. The number of rotatable bonds is 5. The molecule has 1 aromatic carbocycles. The highest BCUT2D eigenvalue weighted by molar-refractivity contribution is 5.29. The van der Waals surface area contributed by atoms with Crippen LogP contribution in [-0.4, -0.2) is 16.1 Å². The van der Waals surface area contributed by atoms with Crippen molar-refractivity contribution in [2.45, 2.75) is 26.5 Å². The van der Waals surface area contributed by atoms with Crippen molar-refractivity contribution in [3.05, 3.63) is 48.2 Å². The Labute approximate surface area is 107 Å². The van der Waals surface area contributed by atoms with E-state index in [-0.39, 0.29) is 6.10 Å². The van der Waals surface area contributed by atoms with Crippen LogP contribution in [0.1, 0.15) is 19.4 Å². The van der Waals surface area contributed by atoms with Crippen molar-refractivity contribution in [1.29, 1.82) is 0 Å². The summed E-state index contributed by atoms with van der Waals surface area (Å²) < 4.78 is 5.52. The van der Waals surface area contributed by atoms with E-state index in [1.54, 1.807) is 12.3 Å². The monoisotopic (exact) mass is 243 g/mol. The Balaban J connectivity index is 1.97. The lowest BCUT2D eigenvalue weighted by atomic mass is 10.2. The average molecular weight is 243 g/mol. The van der Waals surface area contributed by atoms with Crippen LogP contribution in [0.3, 0.4) is 0 Å². The van der Waals surface area contributed by atoms with Gasteiger partial charge < -0.3 is 10.1 Å². The third kappa shape index (κ3) is 3.73. The number of ether oxygens (including phenoxy) is 1. The second kappa shape index (κ2) is 6.00. The summed E-state index contributed by atoms with van der Waals surface area (Å²) in [5, 5.41) is 3.17. The molecule has 4 nitrogen and oxygen atoms in total. The highest BCUT2D eigenvalue weighted by Crippen LogP contribution is 2.11. The quantitative estimate of drug-likeness (QED) is 0.877. The minimum atomic E-state index is 0.113. The van der Waals surface area contributed by atoms with E-state index < -0.39 is 0 Å². The largest absolute Gasteiger partial charge is 0.475 e. The molecule has 0 aliphatic rings. The molecule has 0 unspecified atom stereocenters. The first-order valence-electron chi connectivity index (χ1n) is 6.01. The zero-order chi connectivity index (χ0) is 12.8. The Kier molecular flexibility index (Phi) is 4.12. The van der Waals surface area contributed by atoms with Crippen LogP contribution in [0.4, 0.5) is 5.95 Å². The smallest absolute Gasteiger partial charge is 0.226 e. The Morgan fingerprint density at radius 1 is 1.17 bits per heavy atom. The molecule has 0 spiro atoms. The van der Waals surface area contributed by atoms with Gasteiger partial charge in [0.25, 0.3) is 0 Å². The molecule has 0 atom stereocenters. The van der Waals surface area contributed by atoms with Gasteiger partial charge in [0, 0.05) is 18.8 Å². The van der Waals surface area contributed by atoms with Gasteiger partial charge in [-0.2, -0.15) is 4.98 Å². The van der Waals surface area contributed by atoms with E-state index >= 15 is 0 Å². The number of hydrogen-bond donors (Lipinski definition) is 1. The van der Waals surface area contributed by atoms with Crippen LogP contribution in [0.5, 0.6) is 5.88 Å². The maximum absolute atomic E-state index is 5.52. The van der Waals surface area contributed by atoms with E-state index in [9.17, 15) is 0 Å². The predicted octanol–water partition coefficient (Wildman–Crippen LogP) is 2.88. The van der Waals surface area contributed by atoms with Gasteiger partial charge in [0.15, 0.2) is 0 Å². The summed E-state index contributed by atoms with van der Waals surface area (Å²) in [4.78, 5) is 8.44. The van der Waals surface area contributed by atoms with Crippen molar-refractivity contribution in [3.8, 4) is 5.88 Å². The third-order valence-corrected chi connectivity index (χ3v) is 2.28. The molecule has 94 valence electrons. The van der Waals surface area contributed by atoms with Crippen LogP contribution in [0, 0.1) is 0 Å². The molecule has 0 fully saturated rings. The van der Waals surface area contributed by atoms with Crippen molar-refractivity contribution in [2.75, 3.05) is 5.32 Å². The van der Waals surface area contributed by atoms with Crippen LogP contribution in [0.25, 0.3) is 0 Å². The zero-order valence-electron chi connectivity index (χ0n) is 10.6. The van der Waals surface area contributed by atoms with Crippen LogP contribution in [0.2, 0.25) is 0 Å². The molecule has 0 aliphatic heterocycles. The lowest BCUT2D eigenvalue weighted by molar-refractivity contribution is 0.232. The van der Waals surface area contributed by atoms with E-state index in [1.807, 2.05) is 32.0 Å². The number of nitrogens with one attached hydrogen (secondary N) is 1. The van der Waals surface area contributed by atoms with Crippen molar-refractivity contribution in [2.24, 2.45) is 0 Å². The molecule has 1 aromatic heterocycles. The molecule has 18 heavy (non-hydrogen) atoms. The van der Waals surface area contributed by atoms with Crippen LogP contribution in [0.15, 0.2) is 42.6 Å². The summed E-state index contributed by atoms with van der Waals surface area (Å²) in [5.41, 5.74) is 1.19. The molecule has 0 saturated heterocycles. The fourth-order valence-electron chi connectivity index (χ4n) is 1.51. The van der Waals surface area contributed by atoms with Crippen molar-refractivity contribution < 1.29 is 4.74 Å². The number of aromatic nitrogens is 2. The van der Waals surface area contributed by atoms with E-state index in [0.717, 1.165) is 0 Å². The number of anilines is 1. The van der Waals surface area contributed by atoms with Crippen LogP contribution >= 0.6 is 0 Å². The molecular formula is C14H17N3O. The summed E-state index contributed by atoms with van der Waals surface area (Å²) in [6.07, 6.45) is 1.81. The molecule has 2 aromatic rings. The molecule has 0 bridgehead atoms. The molecule has 0 aliphatic carbocycles. The molecule has 0 saturated carbocycles. The fraction of sp³-hybridized carbons (Fsp3) is 0.286. The van der Waals surface area contributed by atoms with Gasteiger partial charge in [-0.15, -0.1) is 0 Å². The van der Waals surface area contributed by atoms with E-state index in [2.05, 4.69) is 27.4 Å². The number of hydrogen-bond acceptors (Lipinski definition) is 4. The topological polar surface area (TPSA) is 47.0 Å². The van der Waals surface area contributed by atoms with Gasteiger partial charge in [0.2, 0.25) is 11.8 Å². The molecular weight excluding hydrogens is 226 g/mol. The summed E-state index contributed by atoms with van der Waals surface area (Å²) in [6, 6.07) is 11.9. The normalized spacial score (nSPS) is 10.4. The first kappa shape index (κ1) is 12.4. The average Bonchev–Trinajstić information content (AvgIpc) is 2.37. The summed E-state index contributed by atoms with van der Waals surface area (Å²) in [5.74, 6) is 1.17. The molecule has 0 amide bonds. The third-order valence-electron chi connectivity index (χ3n) is 2.28. The first-order valence-corrected chi connectivity index (χ1v) is 6.01. The van der Waals surface area contributed by atoms with Gasteiger partial charge >= 0.3 is 0 Å². The first-order chi connectivity index (χ1) is 8.74. The van der Waals surface area contributed by atoms with Gasteiger partial charge in [0.05, 0.1) is 6.10 Å². The Hall–Kier alpha value is -2.10. The predicted molar refractivity (Wildman–Crippen MR) is 71.6 cm³/mol. The van der Waals surface area contributed by atoms with Crippen LogP contribution < -0.4 is 10.1 Å². The standard InChI is InChI=1S/C14H17N3O/c1-11(2)18-13-8-9-15-14(17-13)16-10-12-6-4-3-5-7-12/h3-9,11H,10H2,1-2H3,(H,15,16,17). The molecule has 2 rings (SSSR count). The SMILES string of the molecule is CC(C)Oc1ccnc(NCc2ccccc2)n1. The molecule has 0 radical (unpaired) electrons. The van der Waals surface area contributed by atoms with E-state index in [1.165, 1.54) is 5.56 Å². The van der Waals surface area contributed by atoms with Gasteiger partial charge in [-0.25, -0.2) is 4.98 Å². The second-order valence-corrected chi connectivity index (χ2v) is 4.22. The zero-order valence-corrected chi connectivity index (χ0v) is 10.6. The van der Waals surface area contributed by atoms with Gasteiger partial charge in [-0.05, 0) is 19.4 Å². The highest BCUT2D eigenvalue weighted by atomic mass is 16.5. The summed E-state index contributed by atoms with van der Waals surface area (Å²) in [6.45, 7) is 4.64. The molecule has 1 heterocycles. The van der Waals surface area contributed by atoms with Crippen LogP contribution in [-0.2, 0) is 6.54 Å². The minimum Gasteiger partial charge on any atom is -0.475 e. The highest BCUT2D eigenvalue weighted by Gasteiger charge is 2.01. The van der Waals surface area contributed by atoms with Gasteiger partial charge in [-0.3, -0.25) is 0 Å². The number of benzene rings is 1. The lowest BCUT2D eigenvalue weighted by Crippen LogP contribution is -2.09. The minimum absolute atomic E-state index is 0.113. The van der Waals surface area contributed by atoms with Crippen molar-refractivity contribution >= 4 is 5.95 Å². The summed E-state index contributed by atoms with van der Waals surface area (Å²) >= 11 is 0. The van der Waals surface area contributed by atoms with E-state index in [0.29, 0.717) is 18.4 Å². The lowest BCUT2D eigenvalue weighted by Gasteiger charge is -2.10. The maximum Gasteiger partial charge on any atom is 0.226 e. The van der Waals surface area contributed by atoms with Crippen molar-refractivity contribution in [1.82, 2.24) is 9.97 Å². The van der Waals surface area contributed by atoms with Crippen molar-refractivity contribution in [3.63, 3.8) is 0 Å². The van der Waals surface area contributed by atoms with Gasteiger partial charge in [0.1, 0.15) is 0 Å². The Bertz CT molecular complexity index is 485. The Morgan fingerprint density at radius 3 is 2.67 bits per heavy atom. The molecule has 4 heteroatoms. The fourth-order valence-corrected chi connectivity index (χ4v) is 1.51. The van der Waals surface area contributed by atoms with Gasteiger partial charge in [-0.1, -0.05) is 30.3 Å². The second-order valence-electron chi connectivity index (χ2n) is 4.22. The summed E-state index contributed by atoms with van der Waals surface area (Å²) in [7, 11) is 0. The molecule has 1 N–H and O–H groups in total. The maximum atomic E-state index is 5.52. The van der Waals surface area contributed by atoms with E-state index in [4.69, 9.17) is 4.74 Å². The number of nitrogens with zero attached hydrogens (tertiary/aromatic N) is 2.